The van der Waals surface area contributed by atoms with Gasteiger partial charge in [0, 0.05) is 23.6 Å². The average Bonchev–Trinajstić information content (AvgIpc) is 2.09. The number of nitrogens with zero attached hydrogens (tertiary/aromatic N) is 1. The minimum atomic E-state index is -0.173. The highest BCUT2D eigenvalue weighted by atomic mass is 79.9. The van der Waals surface area contributed by atoms with Gasteiger partial charge in [-0.2, -0.15) is 0 Å². The van der Waals surface area contributed by atoms with E-state index in [1.165, 1.54) is 4.90 Å². The fourth-order valence-electron chi connectivity index (χ4n) is 0.818. The fraction of sp³-hybridized carbons (Fsp3) is 0.222. The molecular formula is C9H10BrClN2O. The van der Waals surface area contributed by atoms with E-state index in [1.54, 1.807) is 32.3 Å². The Morgan fingerprint density at radius 1 is 1.50 bits per heavy atom. The molecule has 1 N–H and O–H groups in total. The Bertz CT molecular complexity index is 355. The van der Waals surface area contributed by atoms with Crippen molar-refractivity contribution in [3.05, 3.63) is 27.7 Å². The molecule has 3 nitrogen and oxygen atoms in total. The zero-order valence-corrected chi connectivity index (χ0v) is 10.2. The maximum absolute atomic E-state index is 11.3. The number of carbonyl (C=O) groups excluding carboxylic acids is 1. The van der Waals surface area contributed by atoms with Crippen molar-refractivity contribution in [2.45, 2.75) is 0 Å². The number of urea groups is 1. The van der Waals surface area contributed by atoms with Crippen molar-refractivity contribution >= 4 is 39.2 Å². The molecule has 0 bridgehead atoms. The van der Waals surface area contributed by atoms with Crippen molar-refractivity contribution in [1.29, 1.82) is 0 Å². The molecule has 0 saturated carbocycles. The molecule has 1 aromatic carbocycles. The summed E-state index contributed by atoms with van der Waals surface area (Å²) in [6, 6.07) is 5.02. The third kappa shape index (κ3) is 2.89. The molecule has 1 aromatic rings. The molecular weight excluding hydrogens is 267 g/mol. The second-order valence-corrected chi connectivity index (χ2v) is 4.24. The molecule has 0 fully saturated rings. The minimum Gasteiger partial charge on any atom is -0.331 e. The molecule has 0 atom stereocenters. The number of rotatable bonds is 1. The van der Waals surface area contributed by atoms with Gasteiger partial charge < -0.3 is 10.2 Å². The lowest BCUT2D eigenvalue weighted by Crippen LogP contribution is -2.27. The lowest BCUT2D eigenvalue weighted by Gasteiger charge is -2.13. The summed E-state index contributed by atoms with van der Waals surface area (Å²) in [6.07, 6.45) is 0. The van der Waals surface area contributed by atoms with Gasteiger partial charge in [-0.3, -0.25) is 0 Å². The van der Waals surface area contributed by atoms with Crippen molar-refractivity contribution < 1.29 is 4.79 Å². The Morgan fingerprint density at radius 2 is 2.14 bits per heavy atom. The highest BCUT2D eigenvalue weighted by molar-refractivity contribution is 9.10. The van der Waals surface area contributed by atoms with Crippen LogP contribution in [0.5, 0.6) is 0 Å². The van der Waals surface area contributed by atoms with Gasteiger partial charge in [0.25, 0.3) is 0 Å². The molecule has 5 heteroatoms. The van der Waals surface area contributed by atoms with Gasteiger partial charge in [0.2, 0.25) is 0 Å². The zero-order chi connectivity index (χ0) is 10.7. The number of nitrogens with one attached hydrogen (secondary N) is 1. The van der Waals surface area contributed by atoms with E-state index in [-0.39, 0.29) is 6.03 Å². The van der Waals surface area contributed by atoms with Crippen molar-refractivity contribution in [2.24, 2.45) is 0 Å². The molecule has 0 aliphatic heterocycles. The molecule has 14 heavy (non-hydrogen) atoms. The van der Waals surface area contributed by atoms with E-state index in [4.69, 9.17) is 11.6 Å². The third-order valence-corrected chi connectivity index (χ3v) is 2.47. The van der Waals surface area contributed by atoms with Crippen LogP contribution in [-0.2, 0) is 0 Å². The van der Waals surface area contributed by atoms with Crippen LogP contribution in [0.3, 0.4) is 0 Å². The molecule has 1 rings (SSSR count). The van der Waals surface area contributed by atoms with Gasteiger partial charge in [-0.15, -0.1) is 0 Å². The maximum Gasteiger partial charge on any atom is 0.321 e. The number of hydrogen-bond acceptors (Lipinski definition) is 1. The van der Waals surface area contributed by atoms with Crippen LogP contribution in [0.1, 0.15) is 0 Å². The minimum absolute atomic E-state index is 0.173. The number of benzene rings is 1. The van der Waals surface area contributed by atoms with E-state index >= 15 is 0 Å². The highest BCUT2D eigenvalue weighted by Crippen LogP contribution is 2.25. The summed E-state index contributed by atoms with van der Waals surface area (Å²) in [7, 11) is 3.36. The van der Waals surface area contributed by atoms with Crippen LogP contribution in [0.25, 0.3) is 0 Å². The second-order valence-electron chi connectivity index (χ2n) is 2.95. The van der Waals surface area contributed by atoms with Gasteiger partial charge in [0.1, 0.15) is 0 Å². The van der Waals surface area contributed by atoms with Crippen molar-refractivity contribution in [2.75, 3.05) is 19.4 Å². The highest BCUT2D eigenvalue weighted by Gasteiger charge is 2.06. The Morgan fingerprint density at radius 3 is 2.64 bits per heavy atom. The molecule has 2 amide bonds. The number of anilines is 1. The Balaban J connectivity index is 2.82. The Kier molecular flexibility index (Phi) is 3.77. The first kappa shape index (κ1) is 11.3. The van der Waals surface area contributed by atoms with Gasteiger partial charge in [0.15, 0.2) is 0 Å². The van der Waals surface area contributed by atoms with Crippen LogP contribution in [-0.4, -0.2) is 25.0 Å². The summed E-state index contributed by atoms with van der Waals surface area (Å²) < 4.78 is 0.764. The van der Waals surface area contributed by atoms with E-state index in [0.29, 0.717) is 10.7 Å². The van der Waals surface area contributed by atoms with E-state index < -0.39 is 0 Å². The van der Waals surface area contributed by atoms with Crippen LogP contribution in [0, 0.1) is 0 Å². The molecule has 0 spiro atoms. The topological polar surface area (TPSA) is 32.3 Å². The smallest absolute Gasteiger partial charge is 0.321 e. The second kappa shape index (κ2) is 4.66. The predicted molar refractivity (Wildman–Crippen MR) is 61.9 cm³/mol. The van der Waals surface area contributed by atoms with E-state index in [2.05, 4.69) is 21.2 Å². The first-order valence-electron chi connectivity index (χ1n) is 3.94. The van der Waals surface area contributed by atoms with E-state index in [0.717, 1.165) is 4.47 Å². The normalized spacial score (nSPS) is 9.71. The van der Waals surface area contributed by atoms with Gasteiger partial charge in [-0.05, 0) is 34.1 Å². The van der Waals surface area contributed by atoms with Crippen molar-refractivity contribution in [1.82, 2.24) is 4.90 Å². The summed E-state index contributed by atoms with van der Waals surface area (Å²) in [4.78, 5) is 12.8. The molecule has 0 heterocycles. The number of amides is 2. The molecule has 0 aromatic heterocycles. The van der Waals surface area contributed by atoms with Gasteiger partial charge in [0.05, 0.1) is 5.69 Å². The van der Waals surface area contributed by atoms with Crippen LogP contribution >= 0.6 is 27.5 Å². The van der Waals surface area contributed by atoms with Crippen LogP contribution in [0.15, 0.2) is 22.7 Å². The lowest BCUT2D eigenvalue weighted by molar-refractivity contribution is 0.230. The molecule has 0 radical (unpaired) electrons. The molecule has 0 saturated heterocycles. The van der Waals surface area contributed by atoms with Crippen LogP contribution in [0.4, 0.5) is 10.5 Å². The summed E-state index contributed by atoms with van der Waals surface area (Å²) >= 11 is 9.07. The fourth-order valence-corrected chi connectivity index (χ4v) is 1.60. The third-order valence-electron chi connectivity index (χ3n) is 1.58. The molecule has 0 unspecified atom stereocenters. The first-order valence-corrected chi connectivity index (χ1v) is 5.11. The average molecular weight is 278 g/mol. The van der Waals surface area contributed by atoms with Crippen LogP contribution in [0.2, 0.25) is 5.02 Å². The van der Waals surface area contributed by atoms with Crippen LogP contribution < -0.4 is 5.32 Å². The molecule has 76 valence electrons. The number of hydrogen-bond donors (Lipinski definition) is 1. The summed E-state index contributed by atoms with van der Waals surface area (Å²) in [6.45, 7) is 0. The van der Waals surface area contributed by atoms with Crippen molar-refractivity contribution in [3.63, 3.8) is 0 Å². The van der Waals surface area contributed by atoms with Gasteiger partial charge >= 0.3 is 6.03 Å². The number of carbonyl (C=O) groups is 1. The quantitative estimate of drug-likeness (QED) is 0.840. The largest absolute Gasteiger partial charge is 0.331 e. The molecule has 0 aliphatic rings. The first-order chi connectivity index (χ1) is 6.50. The maximum atomic E-state index is 11.3. The monoisotopic (exact) mass is 276 g/mol. The van der Waals surface area contributed by atoms with E-state index in [9.17, 15) is 4.79 Å². The summed E-state index contributed by atoms with van der Waals surface area (Å²) in [5.41, 5.74) is 0.702. The number of halogens is 2. The molecule has 0 aliphatic carbocycles. The summed E-state index contributed by atoms with van der Waals surface area (Å²) in [5.74, 6) is 0. The standard InChI is InChI=1S/C9H10BrClN2O/c1-13(2)9(14)12-8-4-3-6(11)5-7(8)10/h3-5H,1-2H3,(H,12,14). The lowest BCUT2D eigenvalue weighted by atomic mass is 10.3. The SMILES string of the molecule is CN(C)C(=O)Nc1ccc(Cl)cc1Br. The Labute approximate surface area is 96.2 Å². The zero-order valence-electron chi connectivity index (χ0n) is 7.84. The predicted octanol–water partition coefficient (Wildman–Crippen LogP) is 3.20. The van der Waals surface area contributed by atoms with Gasteiger partial charge in [-0.25, -0.2) is 4.79 Å². The summed E-state index contributed by atoms with van der Waals surface area (Å²) in [5, 5.41) is 3.34. The van der Waals surface area contributed by atoms with E-state index in [1.807, 2.05) is 0 Å². The van der Waals surface area contributed by atoms with Crippen molar-refractivity contribution in [3.8, 4) is 0 Å². The Hall–Kier alpha value is -0.740. The van der Waals surface area contributed by atoms with Gasteiger partial charge in [-0.1, -0.05) is 11.6 Å².